The molecule has 1 aliphatic rings. The van der Waals surface area contributed by atoms with Crippen LogP contribution in [0.1, 0.15) is 35.6 Å². The number of nitrogens with zero attached hydrogens (tertiary/aromatic N) is 2. The summed E-state index contributed by atoms with van der Waals surface area (Å²) in [7, 11) is 0. The third-order valence-corrected chi connectivity index (χ3v) is 5.27. The fourth-order valence-electron chi connectivity index (χ4n) is 3.61. The molecule has 1 aromatic heterocycles. The van der Waals surface area contributed by atoms with Crippen LogP contribution in [-0.2, 0) is 4.74 Å². The maximum Gasteiger partial charge on any atom is 0.149 e. The lowest BCUT2D eigenvalue weighted by atomic mass is 9.98. The van der Waals surface area contributed by atoms with E-state index in [9.17, 15) is 0 Å². The molecule has 0 saturated heterocycles. The average Bonchev–Trinajstić information content (AvgIpc) is 2.79. The Balaban J connectivity index is 1.50. The van der Waals surface area contributed by atoms with Crippen LogP contribution < -0.4 is 10.6 Å². The van der Waals surface area contributed by atoms with Gasteiger partial charge in [-0.1, -0.05) is 49.4 Å². The van der Waals surface area contributed by atoms with Crippen LogP contribution in [0.5, 0.6) is 0 Å². The first-order valence-corrected chi connectivity index (χ1v) is 9.86. The number of anilines is 2. The van der Waals surface area contributed by atoms with E-state index in [0.29, 0.717) is 12.2 Å². The molecule has 5 heteroatoms. The molecule has 0 radical (unpaired) electrons. The summed E-state index contributed by atoms with van der Waals surface area (Å²) < 4.78 is 6.46. The van der Waals surface area contributed by atoms with E-state index in [0.717, 1.165) is 29.2 Å². The molecule has 0 fully saturated rings. The van der Waals surface area contributed by atoms with Gasteiger partial charge in [-0.05, 0) is 35.4 Å². The predicted octanol–water partition coefficient (Wildman–Crippen LogP) is 4.72. The maximum absolute atomic E-state index is 8.99. The molecular formula is C24H24N4O. The minimum atomic E-state index is -0.111. The van der Waals surface area contributed by atoms with E-state index in [4.69, 9.17) is 10.00 Å². The van der Waals surface area contributed by atoms with Crippen LogP contribution in [0.2, 0.25) is 0 Å². The Kier molecular flexibility index (Phi) is 5.73. The lowest BCUT2D eigenvalue weighted by Gasteiger charge is -2.34. The summed E-state index contributed by atoms with van der Waals surface area (Å²) in [6.45, 7) is 3.48. The van der Waals surface area contributed by atoms with Crippen LogP contribution in [0.4, 0.5) is 11.5 Å². The molecule has 0 bridgehead atoms. The van der Waals surface area contributed by atoms with Crippen LogP contribution in [0.15, 0.2) is 72.9 Å². The molecule has 0 spiro atoms. The Labute approximate surface area is 171 Å². The lowest BCUT2D eigenvalue weighted by molar-refractivity contribution is 0.0338. The van der Waals surface area contributed by atoms with Crippen molar-refractivity contribution in [1.82, 2.24) is 4.98 Å². The zero-order chi connectivity index (χ0) is 20.1. The molecule has 1 aliphatic heterocycles. The van der Waals surface area contributed by atoms with Crippen molar-refractivity contribution in [2.24, 2.45) is 0 Å². The highest BCUT2D eigenvalue weighted by Gasteiger charge is 2.28. The summed E-state index contributed by atoms with van der Waals surface area (Å²) in [5.41, 5.74) is 3.99. The van der Waals surface area contributed by atoms with Gasteiger partial charge in [0.15, 0.2) is 0 Å². The minimum absolute atomic E-state index is 0.0629. The third kappa shape index (κ3) is 4.39. The van der Waals surface area contributed by atoms with Gasteiger partial charge >= 0.3 is 0 Å². The van der Waals surface area contributed by atoms with Gasteiger partial charge in [0.1, 0.15) is 11.9 Å². The molecule has 0 amide bonds. The number of rotatable bonds is 6. The molecule has 4 rings (SSSR count). The first-order chi connectivity index (χ1) is 14.2. The number of hydrogen-bond acceptors (Lipinski definition) is 5. The van der Waals surface area contributed by atoms with Gasteiger partial charge in [-0.15, -0.1) is 0 Å². The second kappa shape index (κ2) is 8.76. The van der Waals surface area contributed by atoms with Crippen LogP contribution in [-0.4, -0.2) is 24.2 Å². The van der Waals surface area contributed by atoms with E-state index in [1.165, 1.54) is 0 Å². The van der Waals surface area contributed by atoms with Gasteiger partial charge in [0.25, 0.3) is 0 Å². The Morgan fingerprint density at radius 2 is 1.86 bits per heavy atom. The van der Waals surface area contributed by atoms with E-state index >= 15 is 0 Å². The van der Waals surface area contributed by atoms with E-state index < -0.39 is 0 Å². The first-order valence-electron chi connectivity index (χ1n) is 9.86. The summed E-state index contributed by atoms with van der Waals surface area (Å²) in [5.74, 6) is 1.07. The number of nitriles is 1. The summed E-state index contributed by atoms with van der Waals surface area (Å²) >= 11 is 0. The van der Waals surface area contributed by atoms with Crippen molar-refractivity contribution < 1.29 is 4.74 Å². The summed E-state index contributed by atoms with van der Waals surface area (Å²) in [5, 5.41) is 16.0. The standard InChI is InChI=1S/C24H24N4O/c1-17(19-11-9-18(14-25)10-12-19)16-29-23(20-6-3-2-4-7-20)22-15-27-21-8-5-13-26-24(21)28-22/h2-13,17,22-23,27H,15-16H2,1H3,(H,26,28)/t17-,22-,23-/m0/s1. The van der Waals surface area contributed by atoms with E-state index in [2.05, 4.69) is 40.7 Å². The van der Waals surface area contributed by atoms with Crippen LogP contribution in [0.3, 0.4) is 0 Å². The topological polar surface area (TPSA) is 70.0 Å². The molecule has 2 aromatic carbocycles. The summed E-state index contributed by atoms with van der Waals surface area (Å²) in [4.78, 5) is 4.45. The fraction of sp³-hybridized carbons (Fsp3) is 0.250. The van der Waals surface area contributed by atoms with E-state index in [-0.39, 0.29) is 18.1 Å². The van der Waals surface area contributed by atoms with Crippen LogP contribution in [0.25, 0.3) is 0 Å². The molecule has 3 atom stereocenters. The minimum Gasteiger partial charge on any atom is -0.380 e. The molecule has 2 heterocycles. The monoisotopic (exact) mass is 384 g/mol. The normalized spacial score (nSPS) is 17.2. The zero-order valence-corrected chi connectivity index (χ0v) is 16.4. The van der Waals surface area contributed by atoms with Crippen molar-refractivity contribution in [1.29, 1.82) is 5.26 Å². The largest absolute Gasteiger partial charge is 0.380 e. The highest BCUT2D eigenvalue weighted by Crippen LogP contribution is 2.31. The molecule has 0 saturated carbocycles. The van der Waals surface area contributed by atoms with Gasteiger partial charge in [-0.2, -0.15) is 5.26 Å². The second-order valence-electron chi connectivity index (χ2n) is 7.33. The average molecular weight is 384 g/mol. The smallest absolute Gasteiger partial charge is 0.149 e. The van der Waals surface area contributed by atoms with Crippen molar-refractivity contribution in [2.75, 3.05) is 23.8 Å². The van der Waals surface area contributed by atoms with Crippen molar-refractivity contribution in [3.05, 3.63) is 89.6 Å². The number of fused-ring (bicyclic) bond motifs is 1. The Hall–Kier alpha value is -3.36. The molecule has 29 heavy (non-hydrogen) atoms. The number of aromatic nitrogens is 1. The number of ether oxygens (including phenoxy) is 1. The SMILES string of the molecule is C[C@@H](CO[C@@H](c1ccccc1)[C@@H]1CNc2cccnc2N1)c1ccc(C#N)cc1. The van der Waals surface area contributed by atoms with Crippen LogP contribution >= 0.6 is 0 Å². The Morgan fingerprint density at radius 3 is 2.62 bits per heavy atom. The van der Waals surface area contributed by atoms with Gasteiger partial charge in [0.2, 0.25) is 0 Å². The highest BCUT2D eigenvalue weighted by molar-refractivity contribution is 5.66. The number of nitrogens with one attached hydrogen (secondary N) is 2. The Bertz CT molecular complexity index is 982. The molecule has 146 valence electrons. The van der Waals surface area contributed by atoms with Gasteiger partial charge in [0, 0.05) is 18.7 Å². The van der Waals surface area contributed by atoms with Crippen LogP contribution in [0, 0.1) is 11.3 Å². The van der Waals surface area contributed by atoms with Crippen molar-refractivity contribution in [3.8, 4) is 6.07 Å². The second-order valence-corrected chi connectivity index (χ2v) is 7.33. The number of pyridine rings is 1. The van der Waals surface area contributed by atoms with Gasteiger partial charge in [0.05, 0.1) is 30.0 Å². The summed E-state index contributed by atoms with van der Waals surface area (Å²) in [6, 6.07) is 24.2. The van der Waals surface area contributed by atoms with Crippen molar-refractivity contribution >= 4 is 11.5 Å². The van der Waals surface area contributed by atoms with Gasteiger partial charge in [-0.3, -0.25) is 0 Å². The quantitative estimate of drug-likeness (QED) is 0.643. The molecule has 0 unspecified atom stereocenters. The van der Waals surface area contributed by atoms with Gasteiger partial charge < -0.3 is 15.4 Å². The maximum atomic E-state index is 8.99. The molecule has 5 nitrogen and oxygen atoms in total. The van der Waals surface area contributed by atoms with Gasteiger partial charge in [-0.25, -0.2) is 4.98 Å². The van der Waals surface area contributed by atoms with E-state index in [1.54, 1.807) is 6.20 Å². The highest BCUT2D eigenvalue weighted by atomic mass is 16.5. The third-order valence-electron chi connectivity index (χ3n) is 5.27. The molecule has 3 aromatic rings. The first kappa shape index (κ1) is 19.0. The van der Waals surface area contributed by atoms with E-state index in [1.807, 2.05) is 54.6 Å². The van der Waals surface area contributed by atoms with Crippen molar-refractivity contribution in [2.45, 2.75) is 25.0 Å². The lowest BCUT2D eigenvalue weighted by Crippen LogP contribution is -2.39. The molecule has 0 aliphatic carbocycles. The zero-order valence-electron chi connectivity index (χ0n) is 16.4. The molecular weight excluding hydrogens is 360 g/mol. The van der Waals surface area contributed by atoms with Crippen molar-refractivity contribution in [3.63, 3.8) is 0 Å². The predicted molar refractivity (Wildman–Crippen MR) is 115 cm³/mol. The molecule has 2 N–H and O–H groups in total. The fourth-order valence-corrected chi connectivity index (χ4v) is 3.61. The Morgan fingerprint density at radius 1 is 1.07 bits per heavy atom. The number of benzene rings is 2. The summed E-state index contributed by atoms with van der Waals surface area (Å²) in [6.07, 6.45) is 1.68. The number of hydrogen-bond donors (Lipinski definition) is 2.